The van der Waals surface area contributed by atoms with E-state index in [1.807, 2.05) is 19.1 Å². The van der Waals surface area contributed by atoms with Crippen LogP contribution in [0.15, 0.2) is 41.1 Å². The van der Waals surface area contributed by atoms with Gasteiger partial charge in [-0.15, -0.1) is 10.2 Å². The molecule has 1 aliphatic rings. The van der Waals surface area contributed by atoms with Crippen molar-refractivity contribution in [2.45, 2.75) is 31.5 Å². The Bertz CT molecular complexity index is 932. The highest BCUT2D eigenvalue weighted by Crippen LogP contribution is 2.47. The van der Waals surface area contributed by atoms with E-state index in [1.54, 1.807) is 0 Å². The van der Waals surface area contributed by atoms with Crippen LogP contribution in [-0.4, -0.2) is 20.2 Å². The van der Waals surface area contributed by atoms with Gasteiger partial charge in [-0.1, -0.05) is 29.8 Å². The number of nitrogens with zero attached hydrogens (tertiary/aromatic N) is 4. The summed E-state index contributed by atoms with van der Waals surface area (Å²) in [4.78, 5) is 8.34. The average Bonchev–Trinajstić information content (AvgIpc) is 3.19. The Morgan fingerprint density at radius 1 is 1.12 bits per heavy atom. The van der Waals surface area contributed by atoms with E-state index in [9.17, 15) is 13.2 Å². The van der Waals surface area contributed by atoms with Gasteiger partial charge in [0.2, 0.25) is 5.95 Å². The standard InChI is InChI=1S/C17H14F3N5O/c1-10-3-2-4-12(7-10)16(5-6-16)23-15-21-8-11(9-22-15)13-24-25-14(26-13)17(18,19)20/h2-4,7-9H,5-6H2,1H3,(H,21,22,23). The number of halogens is 3. The summed E-state index contributed by atoms with van der Waals surface area (Å²) in [6.07, 6.45) is -0.0508. The maximum atomic E-state index is 12.5. The van der Waals surface area contributed by atoms with E-state index in [0.29, 0.717) is 5.95 Å². The molecule has 0 atom stereocenters. The van der Waals surface area contributed by atoms with Crippen molar-refractivity contribution in [2.24, 2.45) is 0 Å². The maximum absolute atomic E-state index is 12.5. The van der Waals surface area contributed by atoms with Crippen molar-refractivity contribution in [1.82, 2.24) is 20.2 Å². The first-order valence-corrected chi connectivity index (χ1v) is 7.94. The van der Waals surface area contributed by atoms with Gasteiger partial charge >= 0.3 is 12.1 Å². The smallest absolute Gasteiger partial charge is 0.413 e. The van der Waals surface area contributed by atoms with Crippen LogP contribution in [0, 0.1) is 6.92 Å². The quantitative estimate of drug-likeness (QED) is 0.758. The van der Waals surface area contributed by atoms with E-state index >= 15 is 0 Å². The molecule has 1 saturated carbocycles. The van der Waals surface area contributed by atoms with Gasteiger partial charge in [0.15, 0.2) is 0 Å². The number of hydrogen-bond donors (Lipinski definition) is 1. The van der Waals surface area contributed by atoms with Crippen molar-refractivity contribution in [3.8, 4) is 11.5 Å². The molecule has 4 rings (SSSR count). The number of rotatable bonds is 4. The SMILES string of the molecule is Cc1cccc(C2(Nc3ncc(-c4nnc(C(F)(F)F)o4)cn3)CC2)c1. The molecule has 6 nitrogen and oxygen atoms in total. The molecule has 0 saturated heterocycles. The second-order valence-electron chi connectivity index (χ2n) is 6.28. The fourth-order valence-corrected chi connectivity index (χ4v) is 2.73. The monoisotopic (exact) mass is 361 g/mol. The normalized spacial score (nSPS) is 15.7. The summed E-state index contributed by atoms with van der Waals surface area (Å²) in [6.45, 7) is 2.03. The highest BCUT2D eigenvalue weighted by Gasteiger charge is 2.45. The minimum Gasteiger partial charge on any atom is -0.413 e. The zero-order valence-corrected chi connectivity index (χ0v) is 13.7. The molecule has 26 heavy (non-hydrogen) atoms. The van der Waals surface area contributed by atoms with Gasteiger partial charge in [-0.25, -0.2) is 9.97 Å². The molecule has 3 aromatic rings. The zero-order chi connectivity index (χ0) is 18.4. The van der Waals surface area contributed by atoms with Gasteiger partial charge in [0.1, 0.15) is 0 Å². The topological polar surface area (TPSA) is 76.7 Å². The average molecular weight is 361 g/mol. The molecule has 134 valence electrons. The minimum absolute atomic E-state index is 0.193. The van der Waals surface area contributed by atoms with Gasteiger partial charge in [-0.3, -0.25) is 0 Å². The van der Waals surface area contributed by atoms with Crippen molar-refractivity contribution in [3.05, 3.63) is 53.7 Å². The second-order valence-corrected chi connectivity index (χ2v) is 6.28. The number of benzene rings is 1. The lowest BCUT2D eigenvalue weighted by atomic mass is 10.0. The maximum Gasteiger partial charge on any atom is 0.470 e. The van der Waals surface area contributed by atoms with Gasteiger partial charge in [0, 0.05) is 12.4 Å². The van der Waals surface area contributed by atoms with Gasteiger partial charge in [0.05, 0.1) is 11.1 Å². The zero-order valence-electron chi connectivity index (χ0n) is 13.7. The first-order valence-electron chi connectivity index (χ1n) is 7.94. The van der Waals surface area contributed by atoms with Crippen LogP contribution in [0.1, 0.15) is 29.9 Å². The predicted molar refractivity (Wildman–Crippen MR) is 86.0 cm³/mol. The van der Waals surface area contributed by atoms with Crippen molar-refractivity contribution >= 4 is 5.95 Å². The summed E-state index contributed by atoms with van der Waals surface area (Å²) in [5, 5.41) is 9.69. The fraction of sp³-hybridized carbons (Fsp3) is 0.294. The third kappa shape index (κ3) is 3.12. The molecular weight excluding hydrogens is 347 g/mol. The van der Waals surface area contributed by atoms with Gasteiger partial charge in [0.25, 0.3) is 5.89 Å². The summed E-state index contributed by atoms with van der Waals surface area (Å²) in [6, 6.07) is 8.21. The highest BCUT2D eigenvalue weighted by atomic mass is 19.4. The molecular formula is C17H14F3N5O. The molecule has 9 heteroatoms. The second kappa shape index (κ2) is 5.79. The van der Waals surface area contributed by atoms with E-state index in [0.717, 1.165) is 18.4 Å². The van der Waals surface area contributed by atoms with Crippen molar-refractivity contribution in [2.75, 3.05) is 5.32 Å². The van der Waals surface area contributed by atoms with Crippen LogP contribution in [0.2, 0.25) is 0 Å². The van der Waals surface area contributed by atoms with E-state index in [1.165, 1.54) is 18.0 Å². The van der Waals surface area contributed by atoms with Crippen molar-refractivity contribution < 1.29 is 17.6 Å². The summed E-state index contributed by atoms with van der Waals surface area (Å²) in [7, 11) is 0. The Labute approximate surface area is 146 Å². The lowest BCUT2D eigenvalue weighted by molar-refractivity contribution is -0.156. The Balaban J connectivity index is 1.53. The molecule has 1 aliphatic carbocycles. The Hall–Kier alpha value is -2.97. The Morgan fingerprint density at radius 3 is 2.42 bits per heavy atom. The minimum atomic E-state index is -4.68. The number of aryl methyl sites for hydroxylation is 1. The number of anilines is 1. The molecule has 2 heterocycles. The molecule has 0 bridgehead atoms. The van der Waals surface area contributed by atoms with Gasteiger partial charge in [-0.05, 0) is 25.3 Å². The third-order valence-corrected chi connectivity index (χ3v) is 4.24. The Kier molecular flexibility index (Phi) is 3.67. The van der Waals surface area contributed by atoms with Crippen LogP contribution in [0.3, 0.4) is 0 Å². The highest BCUT2D eigenvalue weighted by molar-refractivity contribution is 5.51. The van der Waals surface area contributed by atoms with Crippen LogP contribution >= 0.6 is 0 Å². The van der Waals surface area contributed by atoms with Crippen molar-refractivity contribution in [3.63, 3.8) is 0 Å². The van der Waals surface area contributed by atoms with Crippen molar-refractivity contribution in [1.29, 1.82) is 0 Å². The summed E-state index contributed by atoms with van der Waals surface area (Å²) in [5.41, 5.74) is 2.36. The lowest BCUT2D eigenvalue weighted by Crippen LogP contribution is -2.20. The van der Waals surface area contributed by atoms with Crippen LogP contribution in [0.5, 0.6) is 0 Å². The van der Waals surface area contributed by atoms with Gasteiger partial charge < -0.3 is 9.73 Å². The molecule has 1 aromatic carbocycles. The molecule has 1 fully saturated rings. The molecule has 0 unspecified atom stereocenters. The third-order valence-electron chi connectivity index (χ3n) is 4.24. The van der Waals surface area contributed by atoms with Crippen LogP contribution < -0.4 is 5.32 Å². The molecule has 0 aliphatic heterocycles. The van der Waals surface area contributed by atoms with Crippen LogP contribution in [-0.2, 0) is 11.7 Å². The summed E-state index contributed by atoms with van der Waals surface area (Å²) >= 11 is 0. The van der Waals surface area contributed by atoms with E-state index in [2.05, 4.69) is 42.0 Å². The molecule has 0 spiro atoms. The summed E-state index contributed by atoms with van der Waals surface area (Å²) in [5.74, 6) is -1.28. The molecule has 2 aromatic heterocycles. The van der Waals surface area contributed by atoms with Crippen LogP contribution in [0.4, 0.5) is 19.1 Å². The summed E-state index contributed by atoms with van der Waals surface area (Å²) < 4.78 is 42.2. The lowest BCUT2D eigenvalue weighted by Gasteiger charge is -2.18. The largest absolute Gasteiger partial charge is 0.470 e. The van der Waals surface area contributed by atoms with E-state index in [4.69, 9.17) is 0 Å². The van der Waals surface area contributed by atoms with E-state index in [-0.39, 0.29) is 17.0 Å². The molecule has 0 amide bonds. The number of nitrogens with one attached hydrogen (secondary N) is 1. The predicted octanol–water partition coefficient (Wildman–Crippen LogP) is 3.96. The molecule has 0 radical (unpaired) electrons. The number of hydrogen-bond acceptors (Lipinski definition) is 6. The first kappa shape index (κ1) is 16.5. The number of aromatic nitrogens is 4. The van der Waals surface area contributed by atoms with Crippen LogP contribution in [0.25, 0.3) is 11.5 Å². The molecule has 1 N–H and O–H groups in total. The first-order chi connectivity index (χ1) is 12.4. The number of alkyl halides is 3. The van der Waals surface area contributed by atoms with Gasteiger partial charge in [-0.2, -0.15) is 13.2 Å². The van der Waals surface area contributed by atoms with E-state index < -0.39 is 12.1 Å². The Morgan fingerprint density at radius 2 is 1.85 bits per heavy atom. The fourth-order valence-electron chi connectivity index (χ4n) is 2.73.